The Labute approximate surface area is 154 Å². The second-order valence-corrected chi connectivity index (χ2v) is 6.27. The number of hydrogen-bond acceptors (Lipinski definition) is 8. The molecule has 2 heterocycles. The average molecular weight is 379 g/mol. The van der Waals surface area contributed by atoms with Gasteiger partial charge in [-0.25, -0.2) is 9.59 Å². The molecule has 0 aliphatic carbocycles. The van der Waals surface area contributed by atoms with Gasteiger partial charge < -0.3 is 23.8 Å². The van der Waals surface area contributed by atoms with Crippen molar-refractivity contribution in [2.24, 2.45) is 0 Å². The summed E-state index contributed by atoms with van der Waals surface area (Å²) in [6, 6.07) is 4.77. The topological polar surface area (TPSA) is 91.4 Å². The minimum absolute atomic E-state index is 0.000257. The summed E-state index contributed by atoms with van der Waals surface area (Å²) in [6.07, 6.45) is 1.28. The third-order valence-electron chi connectivity index (χ3n) is 3.59. The van der Waals surface area contributed by atoms with Crippen LogP contribution in [0, 0.1) is 0 Å². The van der Waals surface area contributed by atoms with Crippen LogP contribution in [0.5, 0.6) is 11.5 Å². The number of fused-ring (bicyclic) bond motifs is 1. The van der Waals surface area contributed by atoms with Crippen molar-refractivity contribution < 1.29 is 33.3 Å². The van der Waals surface area contributed by atoms with Crippen LogP contribution in [-0.4, -0.2) is 55.1 Å². The van der Waals surface area contributed by atoms with Crippen LogP contribution in [0.4, 0.5) is 0 Å². The zero-order valence-corrected chi connectivity index (χ0v) is 14.9. The number of carbonyl (C=O) groups excluding carboxylic acids is 3. The van der Waals surface area contributed by atoms with Crippen molar-refractivity contribution in [1.29, 1.82) is 0 Å². The molecule has 0 saturated carbocycles. The fourth-order valence-corrected chi connectivity index (χ4v) is 3.35. The molecule has 0 spiro atoms. The van der Waals surface area contributed by atoms with Gasteiger partial charge in [-0.2, -0.15) is 0 Å². The van der Waals surface area contributed by atoms with Crippen molar-refractivity contribution in [3.8, 4) is 11.5 Å². The lowest BCUT2D eigenvalue weighted by Crippen LogP contribution is -2.29. The van der Waals surface area contributed by atoms with E-state index in [9.17, 15) is 14.4 Å². The predicted molar refractivity (Wildman–Crippen MR) is 91.7 cm³/mol. The highest BCUT2D eigenvalue weighted by molar-refractivity contribution is 8.04. The number of rotatable bonds is 6. The van der Waals surface area contributed by atoms with E-state index in [4.69, 9.17) is 18.9 Å². The standard InChI is InChI=1S/C17H17NO7S/c1-2-22-16(20)8-15-18(14(19)9-26-15)5-6-23-17(21)11-3-4-12-13(7-11)25-10-24-12/h3-4,7-8H,2,5-6,9-10H2,1H3/b15-8-. The van der Waals surface area contributed by atoms with E-state index >= 15 is 0 Å². The Balaban J connectivity index is 1.55. The van der Waals surface area contributed by atoms with Crippen LogP contribution < -0.4 is 9.47 Å². The van der Waals surface area contributed by atoms with Crippen molar-refractivity contribution in [2.75, 3.05) is 32.3 Å². The lowest BCUT2D eigenvalue weighted by atomic mass is 10.2. The van der Waals surface area contributed by atoms with Crippen LogP contribution in [-0.2, 0) is 19.1 Å². The quantitative estimate of drug-likeness (QED) is 0.543. The Morgan fingerprint density at radius 2 is 2.08 bits per heavy atom. The van der Waals surface area contributed by atoms with Gasteiger partial charge in [0.05, 0.1) is 35.6 Å². The normalized spacial score (nSPS) is 16.9. The number of nitrogens with zero attached hydrogens (tertiary/aromatic N) is 1. The summed E-state index contributed by atoms with van der Waals surface area (Å²) in [5.74, 6) is 0.122. The molecule has 1 amide bonds. The monoisotopic (exact) mass is 379 g/mol. The van der Waals surface area contributed by atoms with Gasteiger partial charge in [0.15, 0.2) is 11.5 Å². The van der Waals surface area contributed by atoms with Crippen LogP contribution in [0.3, 0.4) is 0 Å². The molecule has 0 radical (unpaired) electrons. The van der Waals surface area contributed by atoms with E-state index in [-0.39, 0.29) is 38.2 Å². The van der Waals surface area contributed by atoms with Crippen molar-refractivity contribution in [2.45, 2.75) is 6.92 Å². The number of carbonyl (C=O) groups is 3. The maximum absolute atomic E-state index is 12.1. The van der Waals surface area contributed by atoms with E-state index in [1.807, 2.05) is 0 Å². The second kappa shape index (κ2) is 8.13. The molecule has 1 fully saturated rings. The lowest BCUT2D eigenvalue weighted by Gasteiger charge is -2.16. The largest absolute Gasteiger partial charge is 0.463 e. The zero-order chi connectivity index (χ0) is 18.5. The summed E-state index contributed by atoms with van der Waals surface area (Å²) in [5, 5.41) is 0.493. The summed E-state index contributed by atoms with van der Waals surface area (Å²) in [6.45, 7) is 2.25. The van der Waals surface area contributed by atoms with Crippen LogP contribution in [0.1, 0.15) is 17.3 Å². The number of esters is 2. The molecule has 2 aliphatic heterocycles. The second-order valence-electron chi connectivity index (χ2n) is 5.27. The Kier molecular flexibility index (Phi) is 5.67. The van der Waals surface area contributed by atoms with Crippen LogP contribution >= 0.6 is 11.8 Å². The molecule has 0 bridgehead atoms. The Bertz CT molecular complexity index is 761. The molecule has 9 heteroatoms. The fourth-order valence-electron chi connectivity index (χ4n) is 2.39. The minimum Gasteiger partial charge on any atom is -0.463 e. The molecule has 1 aromatic rings. The van der Waals surface area contributed by atoms with Crippen molar-refractivity contribution in [1.82, 2.24) is 4.90 Å². The predicted octanol–water partition coefficient (Wildman–Crippen LogP) is 1.55. The number of ether oxygens (including phenoxy) is 4. The van der Waals surface area contributed by atoms with Crippen molar-refractivity contribution in [3.05, 3.63) is 34.9 Å². The van der Waals surface area contributed by atoms with E-state index < -0.39 is 11.9 Å². The Morgan fingerprint density at radius 3 is 2.88 bits per heavy atom. The Hall–Kier alpha value is -2.68. The first-order chi connectivity index (χ1) is 12.6. The number of thioether (sulfide) groups is 1. The van der Waals surface area contributed by atoms with E-state index in [2.05, 4.69) is 0 Å². The summed E-state index contributed by atoms with van der Waals surface area (Å²) in [4.78, 5) is 37.0. The highest BCUT2D eigenvalue weighted by Gasteiger charge is 2.27. The van der Waals surface area contributed by atoms with Gasteiger partial charge in [0.2, 0.25) is 12.7 Å². The first-order valence-corrected chi connectivity index (χ1v) is 8.95. The fraction of sp³-hybridized carbons (Fsp3) is 0.353. The molecule has 3 rings (SSSR count). The van der Waals surface area contributed by atoms with Gasteiger partial charge in [-0.3, -0.25) is 4.79 Å². The minimum atomic E-state index is -0.529. The van der Waals surface area contributed by atoms with E-state index in [1.165, 1.54) is 22.7 Å². The maximum atomic E-state index is 12.1. The van der Waals surface area contributed by atoms with Gasteiger partial charge in [-0.1, -0.05) is 11.8 Å². The van der Waals surface area contributed by atoms with Crippen molar-refractivity contribution >= 4 is 29.6 Å². The van der Waals surface area contributed by atoms with Gasteiger partial charge in [-0.15, -0.1) is 0 Å². The van der Waals surface area contributed by atoms with Crippen molar-refractivity contribution in [3.63, 3.8) is 0 Å². The number of amides is 1. The highest BCUT2D eigenvalue weighted by Crippen LogP contribution is 2.32. The molecule has 0 unspecified atom stereocenters. The molecule has 2 aliphatic rings. The molecule has 1 saturated heterocycles. The summed E-state index contributed by atoms with van der Waals surface area (Å²) < 4.78 is 20.5. The van der Waals surface area contributed by atoms with Gasteiger partial charge in [0.1, 0.15) is 6.61 Å². The van der Waals surface area contributed by atoms with E-state index in [0.29, 0.717) is 22.1 Å². The summed E-state index contributed by atoms with van der Waals surface area (Å²) in [7, 11) is 0. The van der Waals surface area contributed by atoms with Gasteiger partial charge in [0.25, 0.3) is 0 Å². The SMILES string of the molecule is CCOC(=O)/C=C1\SCC(=O)N1CCOC(=O)c1ccc2c(c1)OCO2. The first-order valence-electron chi connectivity index (χ1n) is 7.97. The summed E-state index contributed by atoms with van der Waals surface area (Å²) >= 11 is 1.25. The van der Waals surface area contributed by atoms with Crippen LogP contribution in [0.15, 0.2) is 29.3 Å². The third-order valence-corrected chi connectivity index (χ3v) is 4.62. The van der Waals surface area contributed by atoms with Crippen LogP contribution in [0.25, 0.3) is 0 Å². The zero-order valence-electron chi connectivity index (χ0n) is 14.1. The molecule has 0 atom stereocenters. The van der Waals surface area contributed by atoms with E-state index in [0.717, 1.165) is 0 Å². The smallest absolute Gasteiger partial charge is 0.338 e. The highest BCUT2D eigenvalue weighted by atomic mass is 32.2. The third kappa shape index (κ3) is 4.10. The number of hydrogen-bond donors (Lipinski definition) is 0. The maximum Gasteiger partial charge on any atom is 0.338 e. The molecule has 26 heavy (non-hydrogen) atoms. The lowest BCUT2D eigenvalue weighted by molar-refractivity contribution is -0.137. The molecule has 0 N–H and O–H groups in total. The van der Waals surface area contributed by atoms with Gasteiger partial charge >= 0.3 is 11.9 Å². The molecular weight excluding hydrogens is 362 g/mol. The van der Waals surface area contributed by atoms with E-state index in [1.54, 1.807) is 25.1 Å². The molecule has 138 valence electrons. The Morgan fingerprint density at radius 1 is 1.27 bits per heavy atom. The first kappa shape index (κ1) is 18.1. The molecule has 1 aromatic carbocycles. The number of benzene rings is 1. The molecular formula is C17H17NO7S. The average Bonchev–Trinajstić information content (AvgIpc) is 3.22. The van der Waals surface area contributed by atoms with Gasteiger partial charge in [-0.05, 0) is 25.1 Å². The summed E-state index contributed by atoms with van der Waals surface area (Å²) in [5.41, 5.74) is 0.332. The van der Waals surface area contributed by atoms with Crippen LogP contribution in [0.2, 0.25) is 0 Å². The molecule has 0 aromatic heterocycles. The van der Waals surface area contributed by atoms with Gasteiger partial charge in [0, 0.05) is 0 Å². The molecule has 8 nitrogen and oxygen atoms in total.